The van der Waals surface area contributed by atoms with E-state index in [-0.39, 0.29) is 10.2 Å². The van der Waals surface area contributed by atoms with Gasteiger partial charge in [0.25, 0.3) is 0 Å². The molecule has 0 saturated carbocycles. The average Bonchev–Trinajstić information content (AvgIpc) is 2.60. The standard InChI is InChI=1S/C10H4Cl5FN2S/c11-4-1-5(12)7(6(13)2-4)18-3-17-9(8(18)14)19-10(15)16/h1-3,10H. The van der Waals surface area contributed by atoms with Crippen molar-refractivity contribution in [3.63, 3.8) is 0 Å². The van der Waals surface area contributed by atoms with E-state index in [0.717, 1.165) is 0 Å². The maximum atomic E-state index is 12.7. The summed E-state index contributed by atoms with van der Waals surface area (Å²) in [6.45, 7) is 0. The summed E-state index contributed by atoms with van der Waals surface area (Å²) in [4.78, 5) is 2.31. The molecule has 0 saturated heterocycles. The summed E-state index contributed by atoms with van der Waals surface area (Å²) in [7, 11) is 0. The van der Waals surface area contributed by atoms with E-state index >= 15 is 0 Å². The largest absolute Gasteiger partial charge is 0.286 e. The van der Waals surface area contributed by atoms with E-state index in [0.29, 0.717) is 32.5 Å². The zero-order valence-corrected chi connectivity index (χ0v) is 13.5. The molecule has 1 aromatic carbocycles. The summed E-state index contributed by atoms with van der Waals surface area (Å²) in [5.41, 5.74) is 0.419. The molecule has 0 bridgehead atoms. The smallest absolute Gasteiger partial charge is 0.225 e. The molecular weight excluding hydrogens is 376 g/mol. The number of aromatic nitrogens is 2. The van der Waals surface area contributed by atoms with Gasteiger partial charge in [-0.05, 0) is 23.9 Å². The number of rotatable bonds is 3. The van der Waals surface area contributed by atoms with E-state index in [1.54, 1.807) is 0 Å². The predicted octanol–water partition coefficient (Wildman–Crippen LogP) is 6.07. The van der Waals surface area contributed by atoms with E-state index in [4.69, 9.17) is 58.0 Å². The molecule has 0 aliphatic rings. The van der Waals surface area contributed by atoms with Crippen LogP contribution in [0.4, 0.5) is 4.39 Å². The zero-order valence-electron chi connectivity index (χ0n) is 8.88. The van der Waals surface area contributed by atoms with Gasteiger partial charge < -0.3 is 0 Å². The third-order valence-electron chi connectivity index (χ3n) is 2.10. The minimum Gasteiger partial charge on any atom is -0.286 e. The van der Waals surface area contributed by atoms with E-state index in [1.807, 2.05) is 0 Å². The Bertz CT molecular complexity index is 593. The van der Waals surface area contributed by atoms with Crippen LogP contribution in [0.3, 0.4) is 0 Å². The quantitative estimate of drug-likeness (QED) is 0.475. The van der Waals surface area contributed by atoms with Gasteiger partial charge in [0.05, 0.1) is 15.7 Å². The summed E-state index contributed by atoms with van der Waals surface area (Å²) >= 11 is 30.0. The van der Waals surface area contributed by atoms with E-state index < -0.39 is 4.96 Å². The fraction of sp³-hybridized carbons (Fsp3) is 0.100. The third-order valence-corrected chi connectivity index (χ3v) is 4.34. The molecular formula is C10H4Cl5FN2S. The van der Waals surface area contributed by atoms with Gasteiger partial charge in [0, 0.05) is 5.02 Å². The Labute approximate surface area is 137 Å². The molecule has 0 amide bonds. The van der Waals surface area contributed by atoms with Crippen LogP contribution in [-0.2, 0) is 0 Å². The van der Waals surface area contributed by atoms with Gasteiger partial charge >= 0.3 is 0 Å². The molecule has 1 heterocycles. The van der Waals surface area contributed by atoms with Crippen LogP contribution in [0, 0.1) is 0 Å². The summed E-state index contributed by atoms with van der Waals surface area (Å²) < 4.78 is 14.2. The fourth-order valence-corrected chi connectivity index (χ4v) is 3.44. The van der Waals surface area contributed by atoms with Crippen molar-refractivity contribution in [3.8, 4) is 5.69 Å². The summed E-state index contributed by atoms with van der Waals surface area (Å²) in [6.07, 6.45) is 1.38. The van der Waals surface area contributed by atoms with Gasteiger partial charge in [-0.2, -0.15) is 0 Å². The van der Waals surface area contributed by atoms with Gasteiger partial charge in [0.1, 0.15) is 16.5 Å². The fourth-order valence-electron chi connectivity index (χ4n) is 1.40. The highest BCUT2D eigenvalue weighted by Crippen LogP contribution is 2.37. The minimum absolute atomic E-state index is 0.166. The van der Waals surface area contributed by atoms with Gasteiger partial charge in [-0.15, -0.1) is 0 Å². The van der Waals surface area contributed by atoms with E-state index in [2.05, 4.69) is 4.98 Å². The molecule has 0 aliphatic heterocycles. The van der Waals surface area contributed by atoms with Crippen LogP contribution in [0.1, 0.15) is 0 Å². The lowest BCUT2D eigenvalue weighted by atomic mass is 10.3. The first-order valence-electron chi connectivity index (χ1n) is 4.72. The Kier molecular flexibility index (Phi) is 5.15. The normalized spacial score (nSPS) is 12.7. The second kappa shape index (κ2) is 6.29. The number of halogens is 6. The van der Waals surface area contributed by atoms with Gasteiger partial charge in [-0.1, -0.05) is 58.0 Å². The van der Waals surface area contributed by atoms with Gasteiger partial charge in [0.15, 0.2) is 0 Å². The van der Waals surface area contributed by atoms with Crippen molar-refractivity contribution in [2.45, 2.75) is 9.99 Å². The van der Waals surface area contributed by atoms with Crippen molar-refractivity contribution >= 4 is 69.8 Å². The summed E-state index contributed by atoms with van der Waals surface area (Å²) in [5.74, 6) is 0. The molecule has 1 atom stereocenters. The molecule has 2 rings (SSSR count). The Morgan fingerprint density at radius 2 is 1.74 bits per heavy atom. The van der Waals surface area contributed by atoms with Crippen LogP contribution in [0.2, 0.25) is 20.2 Å². The molecule has 0 N–H and O–H groups in total. The molecule has 102 valence electrons. The summed E-state index contributed by atoms with van der Waals surface area (Å²) in [5, 5.41) is 1.41. The molecule has 19 heavy (non-hydrogen) atoms. The van der Waals surface area contributed by atoms with Crippen LogP contribution < -0.4 is 0 Å². The topological polar surface area (TPSA) is 17.8 Å². The number of hydrogen-bond acceptors (Lipinski definition) is 2. The number of imidazole rings is 1. The number of benzene rings is 1. The van der Waals surface area contributed by atoms with Gasteiger partial charge in [-0.3, -0.25) is 4.57 Å². The highest BCUT2D eigenvalue weighted by molar-refractivity contribution is 8.00. The average molecular weight is 380 g/mol. The van der Waals surface area contributed by atoms with Crippen molar-refractivity contribution in [3.05, 3.63) is 38.7 Å². The van der Waals surface area contributed by atoms with Crippen molar-refractivity contribution in [2.24, 2.45) is 0 Å². The third kappa shape index (κ3) is 3.43. The molecule has 1 unspecified atom stereocenters. The molecule has 0 aliphatic carbocycles. The maximum Gasteiger partial charge on any atom is 0.225 e. The molecule has 2 aromatic rings. The second-order valence-corrected chi connectivity index (χ2v) is 6.59. The van der Waals surface area contributed by atoms with Crippen molar-refractivity contribution in [1.82, 2.24) is 9.55 Å². The zero-order chi connectivity index (χ0) is 14.2. The predicted molar refractivity (Wildman–Crippen MR) is 80.2 cm³/mol. The van der Waals surface area contributed by atoms with Gasteiger partial charge in [-0.25, -0.2) is 9.37 Å². The maximum absolute atomic E-state index is 12.7. The number of hydrogen-bond donors (Lipinski definition) is 0. The van der Waals surface area contributed by atoms with Crippen LogP contribution in [0.15, 0.2) is 23.5 Å². The number of thioether (sulfide) groups is 1. The molecule has 0 radical (unpaired) electrons. The molecule has 1 aromatic heterocycles. The van der Waals surface area contributed by atoms with Crippen LogP contribution >= 0.6 is 69.8 Å². The Hall–Kier alpha value is 0.160. The number of nitrogens with zero attached hydrogens (tertiary/aromatic N) is 2. The summed E-state index contributed by atoms with van der Waals surface area (Å²) in [6, 6.07) is 3.04. The minimum atomic E-state index is -1.64. The first-order valence-corrected chi connectivity index (χ1v) is 7.55. The van der Waals surface area contributed by atoms with Crippen LogP contribution in [0.25, 0.3) is 5.69 Å². The lowest BCUT2D eigenvalue weighted by Crippen LogP contribution is -1.95. The van der Waals surface area contributed by atoms with Crippen molar-refractivity contribution in [2.75, 3.05) is 0 Å². The lowest BCUT2D eigenvalue weighted by Gasteiger charge is -2.09. The molecule has 9 heteroatoms. The highest BCUT2D eigenvalue weighted by atomic mass is 35.5. The molecule has 0 spiro atoms. The Morgan fingerprint density at radius 3 is 2.26 bits per heavy atom. The van der Waals surface area contributed by atoms with Gasteiger partial charge in [0.2, 0.25) is 4.96 Å². The number of alkyl halides is 2. The molecule has 2 nitrogen and oxygen atoms in total. The first kappa shape index (κ1) is 15.5. The highest BCUT2D eigenvalue weighted by Gasteiger charge is 2.18. The van der Waals surface area contributed by atoms with Crippen LogP contribution in [0.5, 0.6) is 0 Å². The Balaban J connectivity index is 2.51. The monoisotopic (exact) mass is 378 g/mol. The van der Waals surface area contributed by atoms with Crippen molar-refractivity contribution in [1.29, 1.82) is 0 Å². The SMILES string of the molecule is FC(Cl)Sc1ncn(-c2c(Cl)cc(Cl)cc2Cl)c1Cl. The van der Waals surface area contributed by atoms with E-state index in [9.17, 15) is 4.39 Å². The van der Waals surface area contributed by atoms with Crippen molar-refractivity contribution < 1.29 is 4.39 Å². The lowest BCUT2D eigenvalue weighted by molar-refractivity contribution is 0.560. The van der Waals surface area contributed by atoms with Crippen LogP contribution in [-0.4, -0.2) is 14.5 Å². The Morgan fingerprint density at radius 1 is 1.16 bits per heavy atom. The first-order chi connectivity index (χ1) is 8.90. The van der Waals surface area contributed by atoms with E-state index in [1.165, 1.54) is 23.0 Å². The molecule has 0 fully saturated rings. The second-order valence-electron chi connectivity index (χ2n) is 3.31.